The van der Waals surface area contributed by atoms with Crippen molar-refractivity contribution < 1.29 is 30.3 Å². The summed E-state index contributed by atoms with van der Waals surface area (Å²) in [6, 6.07) is 0. The molecule has 0 aromatic carbocycles. The molecule has 4 aliphatic carbocycles. The molecule has 0 amide bonds. The number of ether oxygens (including phenoxy) is 1. The summed E-state index contributed by atoms with van der Waals surface area (Å²) in [4.78, 5) is 0. The number of hydrogen-bond donors (Lipinski definition) is 5. The number of aliphatic hydroxyl groups is 5. The largest absolute Gasteiger partial charge is 0.389 e. The fraction of sp³-hybridized carbons (Fsp3) is 1.00. The molecule has 1 unspecified atom stereocenters. The Balaban J connectivity index is 1.46. The van der Waals surface area contributed by atoms with E-state index in [4.69, 9.17) is 4.74 Å². The van der Waals surface area contributed by atoms with E-state index in [0.29, 0.717) is 25.7 Å². The molecule has 5 fully saturated rings. The molecule has 1 heterocycles. The Morgan fingerprint density at radius 2 is 1.29 bits per heavy atom. The fourth-order valence-electron chi connectivity index (χ4n) is 6.88. The SMILES string of the molecule is OC1C2(CCCCC2)[C@]1(O)[C@H]1O[C@@]2(O)C3(CCCCC3)[C@@]2(O)[C@H]1O. The second kappa shape index (κ2) is 4.35. The highest BCUT2D eigenvalue weighted by molar-refractivity contribution is 5.42. The van der Waals surface area contributed by atoms with Gasteiger partial charge in [0.05, 0.1) is 11.5 Å². The van der Waals surface area contributed by atoms with Crippen molar-refractivity contribution in [2.24, 2.45) is 10.8 Å². The lowest BCUT2D eigenvalue weighted by Gasteiger charge is -2.36. The normalized spacial score (nSPS) is 57.1. The van der Waals surface area contributed by atoms with Crippen molar-refractivity contribution in [2.75, 3.05) is 0 Å². The molecule has 0 radical (unpaired) electrons. The highest BCUT2D eigenvalue weighted by atomic mass is 16.7. The van der Waals surface area contributed by atoms with Crippen LogP contribution in [0.1, 0.15) is 64.2 Å². The zero-order valence-electron chi connectivity index (χ0n) is 13.9. The lowest BCUT2D eigenvalue weighted by Crippen LogP contribution is -2.51. The first kappa shape index (κ1) is 16.0. The van der Waals surface area contributed by atoms with E-state index in [1.54, 1.807) is 0 Å². The predicted octanol–water partition coefficient (Wildman–Crippen LogP) is 0.186. The molecule has 0 aromatic heterocycles. The van der Waals surface area contributed by atoms with Gasteiger partial charge in [-0.25, -0.2) is 0 Å². The molecule has 24 heavy (non-hydrogen) atoms. The first-order valence-corrected chi connectivity index (χ1v) is 9.53. The van der Waals surface area contributed by atoms with Gasteiger partial charge in [0, 0.05) is 5.41 Å². The first-order chi connectivity index (χ1) is 11.3. The maximum Gasteiger partial charge on any atom is 0.207 e. The van der Waals surface area contributed by atoms with Gasteiger partial charge in [0.1, 0.15) is 17.8 Å². The maximum absolute atomic E-state index is 11.1. The minimum Gasteiger partial charge on any atom is -0.389 e. The number of fused-ring (bicyclic) bond motifs is 3. The summed E-state index contributed by atoms with van der Waals surface area (Å²) < 4.78 is 5.80. The highest BCUT2D eigenvalue weighted by Crippen LogP contribution is 2.80. The van der Waals surface area contributed by atoms with Gasteiger partial charge in [0.15, 0.2) is 5.60 Å². The summed E-state index contributed by atoms with van der Waals surface area (Å²) in [6.45, 7) is 0. The van der Waals surface area contributed by atoms with E-state index in [1.807, 2.05) is 0 Å². The van der Waals surface area contributed by atoms with Gasteiger partial charge in [-0.1, -0.05) is 38.5 Å². The molecule has 5 rings (SSSR count). The minimum absolute atomic E-state index is 0.621. The molecule has 2 spiro atoms. The van der Waals surface area contributed by atoms with Gasteiger partial charge >= 0.3 is 0 Å². The maximum atomic E-state index is 11.1. The number of hydrogen-bond acceptors (Lipinski definition) is 6. The molecule has 5 aliphatic rings. The second-order valence-electron chi connectivity index (χ2n) is 8.98. The molecule has 6 atom stereocenters. The predicted molar refractivity (Wildman–Crippen MR) is 82.8 cm³/mol. The second-order valence-corrected chi connectivity index (χ2v) is 8.98. The molecular weight excluding hydrogens is 312 g/mol. The van der Waals surface area contributed by atoms with E-state index in [1.165, 1.54) is 0 Å². The van der Waals surface area contributed by atoms with Crippen molar-refractivity contribution in [3.63, 3.8) is 0 Å². The minimum atomic E-state index is -1.79. The van der Waals surface area contributed by atoms with Crippen LogP contribution in [0.2, 0.25) is 0 Å². The fourth-order valence-corrected chi connectivity index (χ4v) is 6.88. The summed E-state index contributed by atoms with van der Waals surface area (Å²) in [5, 5.41) is 54.6. The quantitative estimate of drug-likeness (QED) is 0.466. The summed E-state index contributed by atoms with van der Waals surface area (Å²) in [5.41, 5.74) is -4.76. The van der Waals surface area contributed by atoms with E-state index in [-0.39, 0.29) is 0 Å². The van der Waals surface area contributed by atoms with Crippen molar-refractivity contribution in [1.82, 2.24) is 0 Å². The van der Waals surface area contributed by atoms with Crippen LogP contribution in [0.3, 0.4) is 0 Å². The summed E-state index contributed by atoms with van der Waals surface area (Å²) in [5.74, 6) is -1.79. The van der Waals surface area contributed by atoms with Crippen LogP contribution in [0.4, 0.5) is 0 Å². The Morgan fingerprint density at radius 3 is 1.79 bits per heavy atom. The van der Waals surface area contributed by atoms with Gasteiger partial charge in [-0.05, 0) is 25.7 Å². The molecular formula is C18H28O6. The molecule has 4 saturated carbocycles. The third-order valence-electron chi connectivity index (χ3n) is 8.39. The van der Waals surface area contributed by atoms with E-state index < -0.39 is 46.1 Å². The van der Waals surface area contributed by atoms with Gasteiger partial charge < -0.3 is 30.3 Å². The zero-order valence-corrected chi connectivity index (χ0v) is 13.9. The number of rotatable bonds is 1. The van der Waals surface area contributed by atoms with Crippen molar-refractivity contribution in [1.29, 1.82) is 0 Å². The smallest absolute Gasteiger partial charge is 0.207 e. The van der Waals surface area contributed by atoms with Crippen LogP contribution in [-0.4, -0.2) is 60.8 Å². The van der Waals surface area contributed by atoms with Gasteiger partial charge in [-0.15, -0.1) is 0 Å². The van der Waals surface area contributed by atoms with Gasteiger partial charge in [-0.3, -0.25) is 0 Å². The Labute approximate surface area is 141 Å². The summed E-state index contributed by atoms with van der Waals surface area (Å²) in [6.07, 6.45) is 4.94. The first-order valence-electron chi connectivity index (χ1n) is 9.53. The molecule has 1 saturated heterocycles. The van der Waals surface area contributed by atoms with E-state index in [9.17, 15) is 25.5 Å². The van der Waals surface area contributed by atoms with Crippen LogP contribution in [0.25, 0.3) is 0 Å². The average Bonchev–Trinajstić information content (AvgIpc) is 3.15. The van der Waals surface area contributed by atoms with E-state index >= 15 is 0 Å². The molecule has 136 valence electrons. The van der Waals surface area contributed by atoms with Crippen molar-refractivity contribution >= 4 is 0 Å². The Morgan fingerprint density at radius 1 is 0.750 bits per heavy atom. The molecule has 5 N–H and O–H groups in total. The molecule has 6 heteroatoms. The topological polar surface area (TPSA) is 110 Å². The van der Waals surface area contributed by atoms with Gasteiger partial charge in [0.25, 0.3) is 0 Å². The highest BCUT2D eigenvalue weighted by Gasteiger charge is 2.98. The third-order valence-corrected chi connectivity index (χ3v) is 8.39. The Bertz CT molecular complexity index is 568. The third kappa shape index (κ3) is 1.31. The summed E-state index contributed by atoms with van der Waals surface area (Å²) >= 11 is 0. The standard InChI is InChI=1S/C18H28O6/c19-11-12(16(21)13(20)14(16)7-3-1-4-8-14)24-18(23)15(17(11,18)22)9-5-2-6-10-15/h11-13,19-23H,1-10H2/t11-,12-,13?,16-,17-,18-/m0/s1. The molecule has 0 aromatic rings. The van der Waals surface area contributed by atoms with Crippen LogP contribution in [-0.2, 0) is 4.74 Å². The molecule has 0 bridgehead atoms. The van der Waals surface area contributed by atoms with Crippen LogP contribution >= 0.6 is 0 Å². The Hall–Kier alpha value is -0.240. The van der Waals surface area contributed by atoms with Crippen molar-refractivity contribution in [3.8, 4) is 0 Å². The van der Waals surface area contributed by atoms with Crippen LogP contribution in [0.5, 0.6) is 0 Å². The molecule has 6 nitrogen and oxygen atoms in total. The number of aliphatic hydroxyl groups excluding tert-OH is 2. The molecule has 1 aliphatic heterocycles. The average molecular weight is 340 g/mol. The Kier molecular flexibility index (Phi) is 2.90. The summed E-state index contributed by atoms with van der Waals surface area (Å²) in [7, 11) is 0. The van der Waals surface area contributed by atoms with E-state index in [0.717, 1.165) is 38.5 Å². The zero-order chi connectivity index (χ0) is 17.0. The lowest BCUT2D eigenvalue weighted by molar-refractivity contribution is -0.217. The lowest BCUT2D eigenvalue weighted by atomic mass is 9.77. The monoisotopic (exact) mass is 340 g/mol. The van der Waals surface area contributed by atoms with Gasteiger partial charge in [0.2, 0.25) is 5.79 Å². The van der Waals surface area contributed by atoms with Crippen LogP contribution in [0.15, 0.2) is 0 Å². The van der Waals surface area contributed by atoms with Gasteiger partial charge in [-0.2, -0.15) is 0 Å². The van der Waals surface area contributed by atoms with Crippen LogP contribution < -0.4 is 0 Å². The van der Waals surface area contributed by atoms with Crippen LogP contribution in [0, 0.1) is 10.8 Å². The van der Waals surface area contributed by atoms with Crippen molar-refractivity contribution in [2.45, 2.75) is 99.5 Å². The van der Waals surface area contributed by atoms with Crippen molar-refractivity contribution in [3.05, 3.63) is 0 Å². The van der Waals surface area contributed by atoms with E-state index in [2.05, 4.69) is 0 Å².